The van der Waals surface area contributed by atoms with Crippen LogP contribution in [0, 0.1) is 0 Å². The maximum atomic E-state index is 4.67. The molecule has 1 aromatic carbocycles. The first kappa shape index (κ1) is 14.8. The standard InChI is InChI=1S/C18H15N5S/c1-23-15-16(22-17(23)14-7-9-19-10-8-14)20-12-21-18(15)24-11-13-5-3-2-4-6-13/h2-10,12H,11H2,1H3. The first-order valence-corrected chi connectivity index (χ1v) is 8.56. The Hall–Kier alpha value is -2.73. The van der Waals surface area contributed by atoms with E-state index in [1.165, 1.54) is 5.56 Å². The van der Waals surface area contributed by atoms with Gasteiger partial charge in [0, 0.05) is 30.8 Å². The van der Waals surface area contributed by atoms with E-state index in [0.717, 1.165) is 33.3 Å². The maximum Gasteiger partial charge on any atom is 0.182 e. The van der Waals surface area contributed by atoms with Gasteiger partial charge in [-0.25, -0.2) is 15.0 Å². The average Bonchev–Trinajstić information content (AvgIpc) is 2.99. The van der Waals surface area contributed by atoms with Gasteiger partial charge in [0.15, 0.2) is 5.65 Å². The van der Waals surface area contributed by atoms with Crippen molar-refractivity contribution in [3.05, 3.63) is 66.7 Å². The molecule has 4 rings (SSSR count). The van der Waals surface area contributed by atoms with Crippen molar-refractivity contribution in [3.63, 3.8) is 0 Å². The number of benzene rings is 1. The van der Waals surface area contributed by atoms with Crippen molar-refractivity contribution in [2.75, 3.05) is 0 Å². The zero-order valence-electron chi connectivity index (χ0n) is 13.1. The highest BCUT2D eigenvalue weighted by Gasteiger charge is 2.15. The molecule has 0 unspecified atom stereocenters. The van der Waals surface area contributed by atoms with Crippen LogP contribution >= 0.6 is 11.8 Å². The van der Waals surface area contributed by atoms with Crippen LogP contribution in [0.2, 0.25) is 0 Å². The van der Waals surface area contributed by atoms with Crippen LogP contribution in [0.1, 0.15) is 5.56 Å². The van der Waals surface area contributed by atoms with E-state index in [4.69, 9.17) is 0 Å². The van der Waals surface area contributed by atoms with Gasteiger partial charge in [-0.2, -0.15) is 0 Å². The minimum absolute atomic E-state index is 0.717. The molecular weight excluding hydrogens is 318 g/mol. The predicted molar refractivity (Wildman–Crippen MR) is 95.5 cm³/mol. The third kappa shape index (κ3) is 2.76. The van der Waals surface area contributed by atoms with E-state index in [-0.39, 0.29) is 0 Å². The molecule has 0 aliphatic carbocycles. The Labute approximate surface area is 143 Å². The van der Waals surface area contributed by atoms with Crippen molar-refractivity contribution < 1.29 is 0 Å². The molecule has 0 amide bonds. The summed E-state index contributed by atoms with van der Waals surface area (Å²) in [6.07, 6.45) is 5.12. The molecule has 0 atom stereocenters. The molecule has 3 aromatic heterocycles. The summed E-state index contributed by atoms with van der Waals surface area (Å²) in [7, 11) is 2.00. The van der Waals surface area contributed by atoms with Crippen LogP contribution < -0.4 is 0 Å². The lowest BCUT2D eigenvalue weighted by molar-refractivity contribution is 0.933. The van der Waals surface area contributed by atoms with Crippen LogP contribution in [0.15, 0.2) is 66.2 Å². The van der Waals surface area contributed by atoms with E-state index in [2.05, 4.69) is 48.8 Å². The number of hydrogen-bond donors (Lipinski definition) is 0. The number of aryl methyl sites for hydroxylation is 1. The van der Waals surface area contributed by atoms with Crippen LogP contribution in [-0.4, -0.2) is 24.5 Å². The number of imidazole rings is 1. The Morgan fingerprint density at radius 1 is 1.00 bits per heavy atom. The fraction of sp³-hybridized carbons (Fsp3) is 0.111. The monoisotopic (exact) mass is 333 g/mol. The summed E-state index contributed by atoms with van der Waals surface area (Å²) in [6.45, 7) is 0. The summed E-state index contributed by atoms with van der Waals surface area (Å²) >= 11 is 1.70. The maximum absolute atomic E-state index is 4.67. The van der Waals surface area contributed by atoms with Crippen molar-refractivity contribution in [2.24, 2.45) is 7.05 Å². The smallest absolute Gasteiger partial charge is 0.182 e. The second kappa shape index (κ2) is 6.41. The zero-order valence-corrected chi connectivity index (χ0v) is 13.9. The summed E-state index contributed by atoms with van der Waals surface area (Å²) < 4.78 is 2.05. The Balaban J connectivity index is 1.73. The van der Waals surface area contributed by atoms with E-state index in [1.54, 1.807) is 30.5 Å². The molecule has 0 saturated heterocycles. The average molecular weight is 333 g/mol. The number of fused-ring (bicyclic) bond motifs is 1. The number of pyridine rings is 1. The van der Waals surface area contributed by atoms with E-state index in [1.807, 2.05) is 25.2 Å². The SMILES string of the molecule is Cn1c(-c2ccncc2)nc2ncnc(SCc3ccccc3)c21. The molecule has 6 heteroatoms. The van der Waals surface area contributed by atoms with E-state index in [9.17, 15) is 0 Å². The van der Waals surface area contributed by atoms with Gasteiger partial charge in [0.2, 0.25) is 0 Å². The third-order valence-electron chi connectivity index (χ3n) is 3.79. The fourth-order valence-corrected chi connectivity index (χ4v) is 3.58. The van der Waals surface area contributed by atoms with Gasteiger partial charge in [-0.3, -0.25) is 4.98 Å². The Bertz CT molecular complexity index is 967. The van der Waals surface area contributed by atoms with Crippen LogP contribution in [0.25, 0.3) is 22.6 Å². The van der Waals surface area contributed by atoms with Gasteiger partial charge in [0.25, 0.3) is 0 Å². The van der Waals surface area contributed by atoms with Gasteiger partial charge in [-0.15, -0.1) is 0 Å². The van der Waals surface area contributed by atoms with Crippen molar-refractivity contribution in [2.45, 2.75) is 10.8 Å². The molecule has 0 spiro atoms. The van der Waals surface area contributed by atoms with E-state index >= 15 is 0 Å². The lowest BCUT2D eigenvalue weighted by atomic mass is 10.2. The molecule has 0 fully saturated rings. The third-order valence-corrected chi connectivity index (χ3v) is 4.84. The van der Waals surface area contributed by atoms with Gasteiger partial charge in [-0.05, 0) is 17.7 Å². The summed E-state index contributed by atoms with van der Waals surface area (Å²) in [6, 6.07) is 14.3. The fourth-order valence-electron chi connectivity index (χ4n) is 2.60. The molecule has 0 radical (unpaired) electrons. The minimum Gasteiger partial charge on any atom is -0.324 e. The van der Waals surface area contributed by atoms with Crippen molar-refractivity contribution in [3.8, 4) is 11.4 Å². The molecule has 5 nitrogen and oxygen atoms in total. The summed E-state index contributed by atoms with van der Waals surface area (Å²) in [5.41, 5.74) is 3.97. The predicted octanol–water partition coefficient (Wildman–Crippen LogP) is 3.72. The molecule has 0 N–H and O–H groups in total. The second-order valence-electron chi connectivity index (χ2n) is 5.36. The summed E-state index contributed by atoms with van der Waals surface area (Å²) in [5, 5.41) is 0.944. The molecule has 0 bridgehead atoms. The van der Waals surface area contributed by atoms with Gasteiger partial charge in [-0.1, -0.05) is 42.1 Å². The molecule has 24 heavy (non-hydrogen) atoms. The number of aromatic nitrogens is 5. The lowest BCUT2D eigenvalue weighted by Crippen LogP contribution is -1.95. The van der Waals surface area contributed by atoms with Gasteiger partial charge >= 0.3 is 0 Å². The van der Waals surface area contributed by atoms with Gasteiger partial charge in [0.05, 0.1) is 0 Å². The lowest BCUT2D eigenvalue weighted by Gasteiger charge is -2.05. The van der Waals surface area contributed by atoms with Crippen LogP contribution in [0.5, 0.6) is 0 Å². The molecule has 0 saturated carbocycles. The highest BCUT2D eigenvalue weighted by Crippen LogP contribution is 2.30. The van der Waals surface area contributed by atoms with E-state index < -0.39 is 0 Å². The topological polar surface area (TPSA) is 56.5 Å². The zero-order chi connectivity index (χ0) is 16.4. The summed E-state index contributed by atoms with van der Waals surface area (Å²) in [4.78, 5) is 17.5. The van der Waals surface area contributed by atoms with Crippen molar-refractivity contribution in [1.29, 1.82) is 0 Å². The molecule has 3 heterocycles. The van der Waals surface area contributed by atoms with E-state index in [0.29, 0.717) is 0 Å². The molecule has 0 aliphatic rings. The van der Waals surface area contributed by atoms with Gasteiger partial charge < -0.3 is 4.57 Å². The van der Waals surface area contributed by atoms with Crippen LogP contribution in [0.3, 0.4) is 0 Å². The Kier molecular flexibility index (Phi) is 3.96. The first-order valence-electron chi connectivity index (χ1n) is 7.57. The van der Waals surface area contributed by atoms with Gasteiger partial charge in [0.1, 0.15) is 22.7 Å². The molecule has 0 aliphatic heterocycles. The van der Waals surface area contributed by atoms with Crippen molar-refractivity contribution >= 4 is 22.9 Å². The highest BCUT2D eigenvalue weighted by atomic mass is 32.2. The Morgan fingerprint density at radius 3 is 2.58 bits per heavy atom. The van der Waals surface area contributed by atoms with Crippen molar-refractivity contribution in [1.82, 2.24) is 24.5 Å². The number of thioether (sulfide) groups is 1. The number of rotatable bonds is 4. The molecular formula is C18H15N5S. The minimum atomic E-state index is 0.717. The largest absolute Gasteiger partial charge is 0.324 e. The number of nitrogens with zero attached hydrogens (tertiary/aromatic N) is 5. The second-order valence-corrected chi connectivity index (χ2v) is 6.32. The first-order chi connectivity index (χ1) is 11.8. The Morgan fingerprint density at radius 2 is 1.79 bits per heavy atom. The summed E-state index contributed by atoms with van der Waals surface area (Å²) in [5.74, 6) is 1.73. The van der Waals surface area contributed by atoms with Crippen LogP contribution in [-0.2, 0) is 12.8 Å². The molecule has 4 aromatic rings. The molecule has 118 valence electrons. The quantitative estimate of drug-likeness (QED) is 0.421. The number of hydrogen-bond acceptors (Lipinski definition) is 5. The highest BCUT2D eigenvalue weighted by molar-refractivity contribution is 7.98. The normalized spacial score (nSPS) is 11.0. The van der Waals surface area contributed by atoms with Crippen LogP contribution in [0.4, 0.5) is 0 Å².